The SMILES string of the molecule is CCc1nncn1CCNC(=NCCc1ccccc1F)NC1CCOc2ccccc21. The Morgan fingerprint density at radius 1 is 1.22 bits per heavy atom. The minimum atomic E-state index is -0.191. The number of guanidine groups is 1. The van der Waals surface area contributed by atoms with Crippen LogP contribution in [0.15, 0.2) is 59.9 Å². The fourth-order valence-corrected chi connectivity index (χ4v) is 3.83. The quantitative estimate of drug-likeness (QED) is 0.419. The summed E-state index contributed by atoms with van der Waals surface area (Å²) in [7, 11) is 0. The van der Waals surface area contributed by atoms with Crippen LogP contribution in [0.2, 0.25) is 0 Å². The van der Waals surface area contributed by atoms with E-state index in [1.165, 1.54) is 6.07 Å². The van der Waals surface area contributed by atoms with Gasteiger partial charge in [0.2, 0.25) is 0 Å². The van der Waals surface area contributed by atoms with Gasteiger partial charge in [0, 0.05) is 38.0 Å². The standard InChI is InChI=1S/C24H29FN6O/c1-2-23-30-28-17-31(23)15-14-27-24(26-13-11-18-7-3-5-9-20(18)25)29-21-12-16-32-22-10-6-4-8-19(21)22/h3-10,17,21H,2,11-16H2,1H3,(H2,26,27,29). The van der Waals surface area contributed by atoms with Crippen LogP contribution < -0.4 is 15.4 Å². The highest BCUT2D eigenvalue weighted by Crippen LogP contribution is 2.31. The van der Waals surface area contributed by atoms with Crippen LogP contribution in [0.5, 0.6) is 5.75 Å². The van der Waals surface area contributed by atoms with Crippen LogP contribution in [0, 0.1) is 5.82 Å². The lowest BCUT2D eigenvalue weighted by Crippen LogP contribution is -2.42. The molecule has 0 spiro atoms. The van der Waals surface area contributed by atoms with Crippen molar-refractivity contribution in [1.82, 2.24) is 25.4 Å². The molecule has 2 heterocycles. The number of benzene rings is 2. The Morgan fingerprint density at radius 3 is 2.94 bits per heavy atom. The Hall–Kier alpha value is -3.42. The van der Waals surface area contributed by atoms with Crippen molar-refractivity contribution in [2.45, 2.75) is 38.8 Å². The molecule has 0 radical (unpaired) electrons. The summed E-state index contributed by atoms with van der Waals surface area (Å²) in [5.74, 6) is 2.37. The third kappa shape index (κ3) is 5.43. The number of halogens is 1. The number of nitrogens with zero attached hydrogens (tertiary/aromatic N) is 4. The summed E-state index contributed by atoms with van der Waals surface area (Å²) in [4.78, 5) is 4.74. The molecule has 0 fully saturated rings. The normalized spacial score (nSPS) is 15.7. The van der Waals surface area contributed by atoms with Gasteiger partial charge in [0.15, 0.2) is 5.96 Å². The summed E-state index contributed by atoms with van der Waals surface area (Å²) in [6.45, 7) is 4.59. The first-order chi connectivity index (χ1) is 15.7. The van der Waals surface area contributed by atoms with Crippen LogP contribution in [-0.4, -0.2) is 40.4 Å². The van der Waals surface area contributed by atoms with E-state index >= 15 is 0 Å². The van der Waals surface area contributed by atoms with Crippen molar-refractivity contribution < 1.29 is 9.13 Å². The second kappa shape index (κ2) is 10.7. The highest BCUT2D eigenvalue weighted by Gasteiger charge is 2.22. The topological polar surface area (TPSA) is 76.4 Å². The molecule has 2 aromatic carbocycles. The molecule has 1 aliphatic rings. The molecule has 8 heteroatoms. The molecule has 0 saturated heterocycles. The van der Waals surface area contributed by atoms with Crippen molar-refractivity contribution in [3.63, 3.8) is 0 Å². The summed E-state index contributed by atoms with van der Waals surface area (Å²) >= 11 is 0. The molecule has 1 atom stereocenters. The van der Waals surface area contributed by atoms with Gasteiger partial charge in [0.1, 0.15) is 23.7 Å². The van der Waals surface area contributed by atoms with Gasteiger partial charge in [-0.3, -0.25) is 4.99 Å². The van der Waals surface area contributed by atoms with Gasteiger partial charge in [-0.1, -0.05) is 43.3 Å². The Kier molecular flexibility index (Phi) is 7.32. The number of hydrogen-bond donors (Lipinski definition) is 2. The molecule has 4 rings (SSSR count). The number of hydrogen-bond acceptors (Lipinski definition) is 4. The van der Waals surface area contributed by atoms with Crippen molar-refractivity contribution >= 4 is 5.96 Å². The molecule has 1 unspecified atom stereocenters. The molecule has 32 heavy (non-hydrogen) atoms. The van der Waals surface area contributed by atoms with Crippen molar-refractivity contribution in [3.05, 3.63) is 77.6 Å². The monoisotopic (exact) mass is 436 g/mol. The fraction of sp³-hybridized carbons (Fsp3) is 0.375. The third-order valence-electron chi connectivity index (χ3n) is 5.54. The zero-order valence-electron chi connectivity index (χ0n) is 18.3. The van der Waals surface area contributed by atoms with Crippen LogP contribution in [-0.2, 0) is 19.4 Å². The minimum absolute atomic E-state index is 0.0979. The van der Waals surface area contributed by atoms with Gasteiger partial charge in [-0.2, -0.15) is 0 Å². The number of aryl methyl sites for hydroxylation is 1. The highest BCUT2D eigenvalue weighted by atomic mass is 19.1. The van der Waals surface area contributed by atoms with Gasteiger partial charge in [0.05, 0.1) is 12.6 Å². The molecular formula is C24H29FN6O. The van der Waals surface area contributed by atoms with E-state index < -0.39 is 0 Å². The summed E-state index contributed by atoms with van der Waals surface area (Å²) in [5, 5.41) is 15.1. The van der Waals surface area contributed by atoms with Gasteiger partial charge < -0.3 is 19.9 Å². The second-order valence-electron chi connectivity index (χ2n) is 7.66. The van der Waals surface area contributed by atoms with Crippen LogP contribution in [0.1, 0.15) is 36.3 Å². The number of nitrogens with one attached hydrogen (secondary N) is 2. The van der Waals surface area contributed by atoms with E-state index in [1.54, 1.807) is 18.5 Å². The van der Waals surface area contributed by atoms with Crippen molar-refractivity contribution in [1.29, 1.82) is 0 Å². The smallest absolute Gasteiger partial charge is 0.191 e. The second-order valence-corrected chi connectivity index (χ2v) is 7.66. The maximum atomic E-state index is 14.0. The van der Waals surface area contributed by atoms with Gasteiger partial charge in [-0.05, 0) is 24.1 Å². The highest BCUT2D eigenvalue weighted by molar-refractivity contribution is 5.80. The Labute approximate surface area is 187 Å². The van der Waals surface area contributed by atoms with Crippen LogP contribution in [0.4, 0.5) is 4.39 Å². The molecule has 1 aliphatic heterocycles. The fourth-order valence-electron chi connectivity index (χ4n) is 3.83. The van der Waals surface area contributed by atoms with Crippen LogP contribution >= 0.6 is 0 Å². The first-order valence-corrected chi connectivity index (χ1v) is 11.1. The number of ether oxygens (including phenoxy) is 1. The Morgan fingerprint density at radius 2 is 2.06 bits per heavy atom. The maximum absolute atomic E-state index is 14.0. The zero-order valence-corrected chi connectivity index (χ0v) is 18.3. The molecule has 3 aromatic rings. The lowest BCUT2D eigenvalue weighted by atomic mass is 10.0. The van der Waals surface area contributed by atoms with E-state index in [4.69, 9.17) is 9.73 Å². The maximum Gasteiger partial charge on any atom is 0.191 e. The molecule has 0 aliphatic carbocycles. The predicted octanol–water partition coefficient (Wildman–Crippen LogP) is 3.28. The van der Waals surface area contributed by atoms with Gasteiger partial charge >= 0.3 is 0 Å². The summed E-state index contributed by atoms with van der Waals surface area (Å²) in [5.41, 5.74) is 1.79. The van der Waals surface area contributed by atoms with E-state index in [0.29, 0.717) is 37.6 Å². The lowest BCUT2D eigenvalue weighted by molar-refractivity contribution is 0.261. The van der Waals surface area contributed by atoms with Crippen molar-refractivity contribution in [3.8, 4) is 5.75 Å². The number of rotatable bonds is 8. The molecule has 2 N–H and O–H groups in total. The molecule has 7 nitrogen and oxygen atoms in total. The predicted molar refractivity (Wildman–Crippen MR) is 122 cm³/mol. The minimum Gasteiger partial charge on any atom is -0.493 e. The molecule has 0 bridgehead atoms. The van der Waals surface area contributed by atoms with E-state index in [9.17, 15) is 4.39 Å². The van der Waals surface area contributed by atoms with E-state index in [1.807, 2.05) is 28.8 Å². The summed E-state index contributed by atoms with van der Waals surface area (Å²) in [6.07, 6.45) is 3.96. The number of aliphatic imine (C=N–C) groups is 1. The number of aromatic nitrogens is 3. The molecule has 1 aromatic heterocycles. The zero-order chi connectivity index (χ0) is 22.2. The Balaban J connectivity index is 1.44. The summed E-state index contributed by atoms with van der Waals surface area (Å²) < 4.78 is 21.8. The van der Waals surface area contributed by atoms with Crippen LogP contribution in [0.3, 0.4) is 0 Å². The van der Waals surface area contributed by atoms with Gasteiger partial charge in [0.25, 0.3) is 0 Å². The Bertz CT molecular complexity index is 1050. The number of para-hydroxylation sites is 1. The third-order valence-corrected chi connectivity index (χ3v) is 5.54. The molecule has 0 amide bonds. The van der Waals surface area contributed by atoms with Crippen LogP contribution in [0.25, 0.3) is 0 Å². The number of fused-ring (bicyclic) bond motifs is 1. The molecular weight excluding hydrogens is 407 g/mol. The van der Waals surface area contributed by atoms with Gasteiger partial charge in [-0.25, -0.2) is 4.39 Å². The van der Waals surface area contributed by atoms with E-state index in [-0.39, 0.29) is 11.9 Å². The van der Waals surface area contributed by atoms with Crippen molar-refractivity contribution in [2.75, 3.05) is 19.7 Å². The lowest BCUT2D eigenvalue weighted by Gasteiger charge is -2.28. The molecule has 168 valence electrons. The van der Waals surface area contributed by atoms with E-state index in [0.717, 1.165) is 36.5 Å². The summed E-state index contributed by atoms with van der Waals surface area (Å²) in [6, 6.07) is 15.0. The van der Waals surface area contributed by atoms with Crippen molar-refractivity contribution in [2.24, 2.45) is 4.99 Å². The first kappa shape index (κ1) is 21.8. The average molecular weight is 437 g/mol. The first-order valence-electron chi connectivity index (χ1n) is 11.1. The average Bonchev–Trinajstić information content (AvgIpc) is 3.28. The van der Waals surface area contributed by atoms with E-state index in [2.05, 4.69) is 33.8 Å². The molecule has 0 saturated carbocycles. The largest absolute Gasteiger partial charge is 0.493 e. The van der Waals surface area contributed by atoms with Gasteiger partial charge in [-0.15, -0.1) is 10.2 Å².